The summed E-state index contributed by atoms with van der Waals surface area (Å²) in [6.07, 6.45) is 4.48. The van der Waals surface area contributed by atoms with E-state index in [0.29, 0.717) is 24.1 Å². The smallest absolute Gasteiger partial charge is 0.333 e. The van der Waals surface area contributed by atoms with Crippen molar-refractivity contribution in [3.05, 3.63) is 88.5 Å². The van der Waals surface area contributed by atoms with Crippen LogP contribution >= 0.6 is 0 Å². The minimum atomic E-state index is -4.35. The van der Waals surface area contributed by atoms with Crippen LogP contribution in [0.15, 0.2) is 55.1 Å². The number of aromatic nitrogens is 2. The number of halogens is 3. The lowest BCUT2D eigenvalue weighted by Crippen LogP contribution is -2.08. The fourth-order valence-electron chi connectivity index (χ4n) is 3.68. The van der Waals surface area contributed by atoms with Gasteiger partial charge in [0.15, 0.2) is 0 Å². The van der Waals surface area contributed by atoms with Crippen molar-refractivity contribution in [3.63, 3.8) is 0 Å². The van der Waals surface area contributed by atoms with Crippen molar-refractivity contribution in [1.82, 2.24) is 9.55 Å². The predicted molar refractivity (Wildman–Crippen MR) is 94.0 cm³/mol. The van der Waals surface area contributed by atoms with E-state index >= 15 is 0 Å². The molecule has 5 heteroatoms. The molecule has 0 atom stereocenters. The molecule has 1 aliphatic rings. The lowest BCUT2D eigenvalue weighted by Gasteiger charge is -2.13. The fourth-order valence-corrected chi connectivity index (χ4v) is 3.68. The molecule has 0 unspecified atom stereocenters. The van der Waals surface area contributed by atoms with Crippen LogP contribution in [0.1, 0.15) is 39.8 Å². The zero-order chi connectivity index (χ0) is 18.1. The summed E-state index contributed by atoms with van der Waals surface area (Å²) in [5.74, 6) is 0. The predicted octanol–water partition coefficient (Wildman–Crippen LogP) is 5.03. The van der Waals surface area contributed by atoms with Gasteiger partial charge in [0.05, 0.1) is 11.9 Å². The molecule has 1 aliphatic carbocycles. The highest BCUT2D eigenvalue weighted by atomic mass is 19.4. The first-order valence-corrected chi connectivity index (χ1v) is 8.74. The maximum atomic E-state index is 13.3. The molecule has 2 nitrogen and oxygen atoms in total. The van der Waals surface area contributed by atoms with E-state index in [2.05, 4.69) is 17.1 Å². The first-order chi connectivity index (χ1) is 12.5. The topological polar surface area (TPSA) is 17.8 Å². The lowest BCUT2D eigenvalue weighted by atomic mass is 9.97. The second kappa shape index (κ2) is 6.63. The van der Waals surface area contributed by atoms with Gasteiger partial charge in [0.2, 0.25) is 0 Å². The molecule has 0 saturated carbocycles. The van der Waals surface area contributed by atoms with Crippen LogP contribution < -0.4 is 0 Å². The summed E-state index contributed by atoms with van der Waals surface area (Å²) in [5, 5.41) is 0. The number of alkyl halides is 3. The van der Waals surface area contributed by atoms with Crippen molar-refractivity contribution < 1.29 is 13.2 Å². The number of aryl methyl sites for hydroxylation is 2. The second-order valence-corrected chi connectivity index (χ2v) is 6.90. The van der Waals surface area contributed by atoms with Crippen molar-refractivity contribution in [3.8, 4) is 0 Å². The van der Waals surface area contributed by atoms with Gasteiger partial charge in [-0.1, -0.05) is 24.3 Å². The summed E-state index contributed by atoms with van der Waals surface area (Å²) < 4.78 is 41.8. The maximum absolute atomic E-state index is 13.3. The van der Waals surface area contributed by atoms with Gasteiger partial charge in [0.1, 0.15) is 0 Å². The Morgan fingerprint density at radius 3 is 2.50 bits per heavy atom. The number of imidazole rings is 1. The Balaban J connectivity index is 1.65. The molecular formula is C21H19F3N2. The first kappa shape index (κ1) is 16.9. The largest absolute Gasteiger partial charge is 0.416 e. The Morgan fingerprint density at radius 2 is 1.73 bits per heavy atom. The molecule has 0 radical (unpaired) electrons. The van der Waals surface area contributed by atoms with Crippen LogP contribution in [0.5, 0.6) is 0 Å². The first-order valence-electron chi connectivity index (χ1n) is 8.74. The van der Waals surface area contributed by atoms with Gasteiger partial charge in [-0.2, -0.15) is 13.2 Å². The molecule has 0 spiro atoms. The molecular weight excluding hydrogens is 337 g/mol. The molecule has 1 aromatic heterocycles. The number of hydrogen-bond donors (Lipinski definition) is 0. The molecule has 1 heterocycles. The highest BCUT2D eigenvalue weighted by molar-refractivity contribution is 5.39. The normalized spacial score (nSPS) is 13.8. The van der Waals surface area contributed by atoms with Gasteiger partial charge in [0.25, 0.3) is 0 Å². The third kappa shape index (κ3) is 3.66. The Hall–Kier alpha value is -2.56. The van der Waals surface area contributed by atoms with Gasteiger partial charge in [-0.05, 0) is 65.6 Å². The minimum Gasteiger partial charge on any atom is -0.333 e. The Labute approximate surface area is 150 Å². The van der Waals surface area contributed by atoms with E-state index < -0.39 is 11.7 Å². The third-order valence-electron chi connectivity index (χ3n) is 4.88. The van der Waals surface area contributed by atoms with Crippen LogP contribution in [0.4, 0.5) is 13.2 Å². The van der Waals surface area contributed by atoms with Crippen LogP contribution in [-0.2, 0) is 32.0 Å². The van der Waals surface area contributed by atoms with Gasteiger partial charge in [0, 0.05) is 18.9 Å². The average molecular weight is 356 g/mol. The lowest BCUT2D eigenvalue weighted by molar-refractivity contribution is -0.137. The van der Waals surface area contributed by atoms with Crippen LogP contribution in [0.2, 0.25) is 0 Å². The summed E-state index contributed by atoms with van der Waals surface area (Å²) in [4.78, 5) is 3.95. The number of hydrogen-bond acceptors (Lipinski definition) is 1. The zero-order valence-corrected chi connectivity index (χ0v) is 14.3. The van der Waals surface area contributed by atoms with Crippen LogP contribution in [0.25, 0.3) is 0 Å². The van der Waals surface area contributed by atoms with E-state index in [4.69, 9.17) is 0 Å². The standard InChI is InChI=1S/C21H19F3N2/c22-21(23,24)20-11-16(9-17(12-20)13-26-7-6-25-14-26)8-15-4-5-18-2-1-3-19(18)10-15/h4-7,9-12,14H,1-3,8,13H2. The van der Waals surface area contributed by atoms with E-state index in [-0.39, 0.29) is 0 Å². The summed E-state index contributed by atoms with van der Waals surface area (Å²) in [6.45, 7) is 0.376. The van der Waals surface area contributed by atoms with Gasteiger partial charge in [-0.25, -0.2) is 4.98 Å². The second-order valence-electron chi connectivity index (χ2n) is 6.90. The van der Waals surface area contributed by atoms with E-state index in [9.17, 15) is 13.2 Å². The molecule has 0 aliphatic heterocycles. The summed E-state index contributed by atoms with van der Waals surface area (Å²) in [5.41, 5.74) is 4.51. The van der Waals surface area contributed by atoms with Gasteiger partial charge in [-0.3, -0.25) is 0 Å². The summed E-state index contributed by atoms with van der Waals surface area (Å²) >= 11 is 0. The zero-order valence-electron chi connectivity index (χ0n) is 14.3. The molecule has 0 fully saturated rings. The average Bonchev–Trinajstić information content (AvgIpc) is 3.25. The molecule has 4 rings (SSSR count). The third-order valence-corrected chi connectivity index (χ3v) is 4.88. The van der Waals surface area contributed by atoms with Crippen LogP contribution in [0, 0.1) is 0 Å². The molecule has 0 bridgehead atoms. The maximum Gasteiger partial charge on any atom is 0.416 e. The van der Waals surface area contributed by atoms with Crippen molar-refractivity contribution in [1.29, 1.82) is 0 Å². The van der Waals surface area contributed by atoms with Crippen molar-refractivity contribution in [2.75, 3.05) is 0 Å². The van der Waals surface area contributed by atoms with E-state index in [1.165, 1.54) is 23.3 Å². The number of benzene rings is 2. The minimum absolute atomic E-state index is 0.376. The molecule has 0 amide bonds. The van der Waals surface area contributed by atoms with Crippen LogP contribution in [0.3, 0.4) is 0 Å². The Kier molecular flexibility index (Phi) is 4.31. The number of fused-ring (bicyclic) bond motifs is 1. The highest BCUT2D eigenvalue weighted by Gasteiger charge is 2.31. The molecule has 26 heavy (non-hydrogen) atoms. The number of rotatable bonds is 4. The van der Waals surface area contributed by atoms with E-state index in [0.717, 1.165) is 24.8 Å². The molecule has 0 saturated heterocycles. The molecule has 0 N–H and O–H groups in total. The SMILES string of the molecule is FC(F)(F)c1cc(Cc2ccc3c(c2)CCC3)cc(Cn2ccnc2)c1. The van der Waals surface area contributed by atoms with E-state index in [1.54, 1.807) is 23.3 Å². The fraction of sp³-hybridized carbons (Fsp3) is 0.286. The summed E-state index contributed by atoms with van der Waals surface area (Å²) in [7, 11) is 0. The monoisotopic (exact) mass is 356 g/mol. The van der Waals surface area contributed by atoms with Crippen LogP contribution in [-0.4, -0.2) is 9.55 Å². The van der Waals surface area contributed by atoms with Crippen molar-refractivity contribution >= 4 is 0 Å². The van der Waals surface area contributed by atoms with Crippen molar-refractivity contribution in [2.24, 2.45) is 0 Å². The molecule has 134 valence electrons. The molecule has 2 aromatic carbocycles. The number of nitrogens with zero attached hydrogens (tertiary/aromatic N) is 2. The van der Waals surface area contributed by atoms with Crippen molar-refractivity contribution in [2.45, 2.75) is 38.4 Å². The quantitative estimate of drug-likeness (QED) is 0.641. The van der Waals surface area contributed by atoms with Gasteiger partial charge in [-0.15, -0.1) is 0 Å². The highest BCUT2D eigenvalue weighted by Crippen LogP contribution is 2.32. The Morgan fingerprint density at radius 1 is 0.923 bits per heavy atom. The van der Waals surface area contributed by atoms with Gasteiger partial charge < -0.3 is 4.57 Å². The molecule has 3 aromatic rings. The Bertz CT molecular complexity index is 912. The van der Waals surface area contributed by atoms with Gasteiger partial charge >= 0.3 is 6.18 Å². The summed E-state index contributed by atoms with van der Waals surface area (Å²) in [6, 6.07) is 10.7. The van der Waals surface area contributed by atoms with E-state index in [1.807, 2.05) is 12.1 Å².